The third kappa shape index (κ3) is 6.69. The standard InChI is InChI=1S/C26H29N5O4/c1-19-4-2-5-21(14-19)29-24(32)17-35-23-8-6-22(7-9-23)31-16-20(15-25(31)33)26(34)28-10-3-12-30-13-11-27-18-30/h2,4-9,11,13-14,18,20H,3,10,12,15-17H2,1H3,(H,28,34)(H,29,32)/t20-/m1/s1. The largest absolute Gasteiger partial charge is 0.484 e. The Morgan fingerprint density at radius 2 is 2.00 bits per heavy atom. The molecule has 1 saturated heterocycles. The number of carbonyl (C=O) groups is 3. The molecule has 35 heavy (non-hydrogen) atoms. The summed E-state index contributed by atoms with van der Waals surface area (Å²) in [6.45, 7) is 3.49. The molecule has 1 aliphatic heterocycles. The molecule has 1 atom stereocenters. The number of hydrogen-bond acceptors (Lipinski definition) is 5. The van der Waals surface area contributed by atoms with Gasteiger partial charge in [0.2, 0.25) is 11.8 Å². The van der Waals surface area contributed by atoms with Crippen LogP contribution in [-0.2, 0) is 20.9 Å². The van der Waals surface area contributed by atoms with Crippen molar-refractivity contribution in [1.29, 1.82) is 0 Å². The molecule has 0 unspecified atom stereocenters. The van der Waals surface area contributed by atoms with Crippen LogP contribution in [0.3, 0.4) is 0 Å². The number of aromatic nitrogens is 2. The lowest BCUT2D eigenvalue weighted by atomic mass is 10.1. The van der Waals surface area contributed by atoms with E-state index in [-0.39, 0.29) is 36.7 Å². The fourth-order valence-corrected chi connectivity index (χ4v) is 3.96. The smallest absolute Gasteiger partial charge is 0.262 e. The van der Waals surface area contributed by atoms with E-state index in [1.54, 1.807) is 41.7 Å². The Labute approximate surface area is 204 Å². The molecule has 9 nitrogen and oxygen atoms in total. The first-order valence-corrected chi connectivity index (χ1v) is 11.6. The molecule has 0 aliphatic carbocycles. The normalized spacial score (nSPS) is 15.2. The number of ether oxygens (including phenoxy) is 1. The van der Waals surface area contributed by atoms with Crippen molar-refractivity contribution in [3.63, 3.8) is 0 Å². The number of benzene rings is 2. The van der Waals surface area contributed by atoms with Crippen molar-refractivity contribution >= 4 is 29.1 Å². The predicted octanol–water partition coefficient (Wildman–Crippen LogP) is 2.77. The van der Waals surface area contributed by atoms with Gasteiger partial charge in [-0.2, -0.15) is 0 Å². The summed E-state index contributed by atoms with van der Waals surface area (Å²) in [6.07, 6.45) is 6.32. The molecule has 3 aromatic rings. The monoisotopic (exact) mass is 475 g/mol. The average Bonchev–Trinajstić information content (AvgIpc) is 3.50. The predicted molar refractivity (Wildman–Crippen MR) is 132 cm³/mol. The van der Waals surface area contributed by atoms with Crippen LogP contribution < -0.4 is 20.3 Å². The molecule has 2 aromatic carbocycles. The van der Waals surface area contributed by atoms with E-state index in [4.69, 9.17) is 4.74 Å². The van der Waals surface area contributed by atoms with Gasteiger partial charge in [0, 0.05) is 49.8 Å². The third-order valence-corrected chi connectivity index (χ3v) is 5.77. The van der Waals surface area contributed by atoms with Crippen LogP contribution in [0, 0.1) is 12.8 Å². The van der Waals surface area contributed by atoms with Gasteiger partial charge in [0.15, 0.2) is 6.61 Å². The third-order valence-electron chi connectivity index (χ3n) is 5.77. The van der Waals surface area contributed by atoms with Gasteiger partial charge >= 0.3 is 0 Å². The summed E-state index contributed by atoms with van der Waals surface area (Å²) in [7, 11) is 0. The van der Waals surface area contributed by atoms with Crippen LogP contribution in [0.1, 0.15) is 18.4 Å². The van der Waals surface area contributed by atoms with E-state index in [2.05, 4.69) is 15.6 Å². The van der Waals surface area contributed by atoms with Gasteiger partial charge in [0.25, 0.3) is 5.91 Å². The van der Waals surface area contributed by atoms with Crippen molar-refractivity contribution in [2.75, 3.05) is 29.9 Å². The molecule has 3 amide bonds. The molecule has 182 valence electrons. The first-order valence-electron chi connectivity index (χ1n) is 11.6. The lowest BCUT2D eigenvalue weighted by Gasteiger charge is -2.17. The van der Waals surface area contributed by atoms with Crippen molar-refractivity contribution < 1.29 is 19.1 Å². The molecule has 1 fully saturated rings. The minimum atomic E-state index is -0.378. The van der Waals surface area contributed by atoms with Crippen LogP contribution in [0.25, 0.3) is 0 Å². The van der Waals surface area contributed by atoms with Gasteiger partial charge in [-0.25, -0.2) is 4.98 Å². The van der Waals surface area contributed by atoms with Gasteiger partial charge in [-0.15, -0.1) is 0 Å². The average molecular weight is 476 g/mol. The molecular formula is C26H29N5O4. The maximum absolute atomic E-state index is 12.5. The Hall–Kier alpha value is -4.14. The first kappa shape index (κ1) is 24.0. The molecule has 0 bridgehead atoms. The summed E-state index contributed by atoms with van der Waals surface area (Å²) >= 11 is 0. The zero-order valence-corrected chi connectivity index (χ0v) is 19.6. The zero-order valence-electron chi connectivity index (χ0n) is 19.6. The number of rotatable bonds is 10. The van der Waals surface area contributed by atoms with E-state index in [1.165, 1.54) is 0 Å². The van der Waals surface area contributed by atoms with Crippen molar-refractivity contribution in [1.82, 2.24) is 14.9 Å². The van der Waals surface area contributed by atoms with E-state index >= 15 is 0 Å². The lowest BCUT2D eigenvalue weighted by Crippen LogP contribution is -2.33. The Morgan fingerprint density at radius 1 is 1.17 bits per heavy atom. The Morgan fingerprint density at radius 3 is 2.74 bits per heavy atom. The highest BCUT2D eigenvalue weighted by molar-refractivity contribution is 6.00. The number of nitrogens with one attached hydrogen (secondary N) is 2. The molecular weight excluding hydrogens is 446 g/mol. The summed E-state index contributed by atoms with van der Waals surface area (Å²) in [4.78, 5) is 42.8. The zero-order chi connectivity index (χ0) is 24.6. The van der Waals surface area contributed by atoms with Crippen LogP contribution in [0.2, 0.25) is 0 Å². The van der Waals surface area contributed by atoms with Crippen molar-refractivity contribution in [3.05, 3.63) is 72.8 Å². The van der Waals surface area contributed by atoms with Crippen LogP contribution in [-0.4, -0.2) is 47.0 Å². The molecule has 2 heterocycles. The Balaban J connectivity index is 1.22. The fourth-order valence-electron chi connectivity index (χ4n) is 3.96. The van der Waals surface area contributed by atoms with Gasteiger partial charge in [0.05, 0.1) is 12.2 Å². The minimum Gasteiger partial charge on any atom is -0.484 e. The number of nitrogens with zero attached hydrogens (tertiary/aromatic N) is 3. The summed E-state index contributed by atoms with van der Waals surface area (Å²) < 4.78 is 7.53. The van der Waals surface area contributed by atoms with Gasteiger partial charge in [-0.3, -0.25) is 14.4 Å². The van der Waals surface area contributed by atoms with Crippen molar-refractivity contribution in [3.8, 4) is 5.75 Å². The lowest BCUT2D eigenvalue weighted by molar-refractivity contribution is -0.126. The van der Waals surface area contributed by atoms with E-state index in [9.17, 15) is 14.4 Å². The number of aryl methyl sites for hydroxylation is 2. The number of imidazole rings is 1. The molecule has 9 heteroatoms. The number of anilines is 2. The van der Waals surface area contributed by atoms with Crippen LogP contribution in [0.15, 0.2) is 67.3 Å². The minimum absolute atomic E-state index is 0.0882. The van der Waals surface area contributed by atoms with Crippen LogP contribution >= 0.6 is 0 Å². The molecule has 1 aliphatic rings. The molecule has 1 aromatic heterocycles. The molecule has 0 saturated carbocycles. The first-order chi connectivity index (χ1) is 17.0. The number of carbonyl (C=O) groups excluding carboxylic acids is 3. The summed E-state index contributed by atoms with van der Waals surface area (Å²) in [5, 5.41) is 5.72. The van der Waals surface area contributed by atoms with Crippen LogP contribution in [0.4, 0.5) is 11.4 Å². The Kier molecular flexibility index (Phi) is 7.77. The summed E-state index contributed by atoms with van der Waals surface area (Å²) in [6, 6.07) is 14.5. The van der Waals surface area contributed by atoms with Crippen molar-refractivity contribution in [2.24, 2.45) is 5.92 Å². The summed E-state index contributed by atoms with van der Waals surface area (Å²) in [5.41, 5.74) is 2.47. The quantitative estimate of drug-likeness (QED) is 0.439. The topological polar surface area (TPSA) is 106 Å². The van der Waals surface area contributed by atoms with E-state index in [0.717, 1.165) is 24.2 Å². The maximum atomic E-state index is 12.5. The number of hydrogen-bond donors (Lipinski definition) is 2. The molecule has 2 N–H and O–H groups in total. The fraction of sp³-hybridized carbons (Fsp3) is 0.308. The summed E-state index contributed by atoms with van der Waals surface area (Å²) in [5.74, 6) is -0.307. The molecule has 0 radical (unpaired) electrons. The second-order valence-electron chi connectivity index (χ2n) is 8.55. The highest BCUT2D eigenvalue weighted by Crippen LogP contribution is 2.27. The van der Waals surface area contributed by atoms with E-state index < -0.39 is 0 Å². The van der Waals surface area contributed by atoms with Crippen LogP contribution in [0.5, 0.6) is 5.75 Å². The second-order valence-corrected chi connectivity index (χ2v) is 8.55. The van der Waals surface area contributed by atoms with E-state index in [1.807, 2.05) is 42.0 Å². The Bertz CT molecular complexity index is 1160. The van der Waals surface area contributed by atoms with Gasteiger partial charge in [-0.1, -0.05) is 12.1 Å². The van der Waals surface area contributed by atoms with E-state index in [0.29, 0.717) is 24.5 Å². The van der Waals surface area contributed by atoms with Gasteiger partial charge in [0.1, 0.15) is 5.75 Å². The molecule has 4 rings (SSSR count). The highest BCUT2D eigenvalue weighted by Gasteiger charge is 2.34. The SMILES string of the molecule is Cc1cccc(NC(=O)COc2ccc(N3C[C@H](C(=O)NCCCn4ccnc4)CC3=O)cc2)c1. The van der Waals surface area contributed by atoms with Gasteiger partial charge < -0.3 is 24.8 Å². The molecule has 0 spiro atoms. The van der Waals surface area contributed by atoms with Crippen molar-refractivity contribution in [2.45, 2.75) is 26.3 Å². The second kappa shape index (κ2) is 11.3. The number of amides is 3. The maximum Gasteiger partial charge on any atom is 0.262 e. The van der Waals surface area contributed by atoms with Gasteiger partial charge in [-0.05, 0) is 55.3 Å². The highest BCUT2D eigenvalue weighted by atomic mass is 16.5.